The molecule has 0 aliphatic carbocycles. The Morgan fingerprint density at radius 3 is 2.52 bits per heavy atom. The predicted molar refractivity (Wildman–Crippen MR) is 94.1 cm³/mol. The molecule has 2 aromatic heterocycles. The Bertz CT molecular complexity index is 698. The van der Waals surface area contributed by atoms with E-state index in [9.17, 15) is 4.79 Å². The lowest BCUT2D eigenvalue weighted by Gasteiger charge is -2.14. The molecule has 6 nitrogen and oxygen atoms in total. The van der Waals surface area contributed by atoms with Crippen molar-refractivity contribution in [3.8, 4) is 0 Å². The molecule has 0 bridgehead atoms. The number of aryl methyl sites for hydroxylation is 4. The number of amides is 1. The van der Waals surface area contributed by atoms with Crippen molar-refractivity contribution in [2.24, 2.45) is 0 Å². The highest BCUT2D eigenvalue weighted by Gasteiger charge is 2.10. The van der Waals surface area contributed by atoms with Crippen molar-refractivity contribution in [3.05, 3.63) is 27.2 Å². The number of hydrogen-bond acceptors (Lipinski definition) is 6. The maximum atomic E-state index is 11.1. The van der Waals surface area contributed by atoms with E-state index in [0.717, 1.165) is 12.8 Å². The SMILES string of the molecule is CC(=O)Nc1nc(C)nc(NC(C)CCc2cc(C)sc2C)n1. The van der Waals surface area contributed by atoms with E-state index in [4.69, 9.17) is 0 Å². The lowest BCUT2D eigenvalue weighted by Crippen LogP contribution is -2.20. The highest BCUT2D eigenvalue weighted by atomic mass is 32.1. The predicted octanol–water partition coefficient (Wildman–Crippen LogP) is 3.25. The van der Waals surface area contributed by atoms with E-state index in [-0.39, 0.29) is 17.9 Å². The third-order valence-corrected chi connectivity index (χ3v) is 4.41. The molecule has 0 saturated heterocycles. The zero-order chi connectivity index (χ0) is 17.0. The van der Waals surface area contributed by atoms with Gasteiger partial charge in [0.1, 0.15) is 5.82 Å². The molecule has 0 fully saturated rings. The maximum Gasteiger partial charge on any atom is 0.234 e. The molecular formula is C16H23N5OS. The third-order valence-electron chi connectivity index (χ3n) is 3.40. The van der Waals surface area contributed by atoms with E-state index in [2.05, 4.69) is 52.4 Å². The highest BCUT2D eigenvalue weighted by Crippen LogP contribution is 2.22. The van der Waals surface area contributed by atoms with Gasteiger partial charge >= 0.3 is 0 Å². The first-order valence-electron chi connectivity index (χ1n) is 7.66. The summed E-state index contributed by atoms with van der Waals surface area (Å²) in [6.45, 7) is 9.62. The molecule has 1 amide bonds. The molecule has 2 heterocycles. The van der Waals surface area contributed by atoms with E-state index in [1.807, 2.05) is 11.3 Å². The first-order chi connectivity index (χ1) is 10.8. The third kappa shape index (κ3) is 5.28. The van der Waals surface area contributed by atoms with Crippen molar-refractivity contribution in [1.29, 1.82) is 0 Å². The van der Waals surface area contributed by atoms with Crippen LogP contribution in [0.15, 0.2) is 6.07 Å². The molecular weight excluding hydrogens is 310 g/mol. The fraction of sp³-hybridized carbons (Fsp3) is 0.500. The average Bonchev–Trinajstić information content (AvgIpc) is 2.73. The van der Waals surface area contributed by atoms with Gasteiger partial charge in [0.15, 0.2) is 0 Å². The average molecular weight is 333 g/mol. The molecule has 124 valence electrons. The number of nitrogens with one attached hydrogen (secondary N) is 2. The van der Waals surface area contributed by atoms with Crippen molar-refractivity contribution in [1.82, 2.24) is 15.0 Å². The fourth-order valence-electron chi connectivity index (χ4n) is 2.36. The van der Waals surface area contributed by atoms with Crippen LogP contribution in [0.5, 0.6) is 0 Å². The van der Waals surface area contributed by atoms with Gasteiger partial charge in [0.05, 0.1) is 0 Å². The summed E-state index contributed by atoms with van der Waals surface area (Å²) in [5, 5.41) is 5.87. The monoisotopic (exact) mass is 333 g/mol. The van der Waals surface area contributed by atoms with E-state index in [0.29, 0.717) is 11.8 Å². The van der Waals surface area contributed by atoms with Crippen LogP contribution in [-0.4, -0.2) is 26.9 Å². The van der Waals surface area contributed by atoms with Gasteiger partial charge < -0.3 is 5.32 Å². The van der Waals surface area contributed by atoms with Crippen LogP contribution in [-0.2, 0) is 11.2 Å². The molecule has 1 unspecified atom stereocenters. The van der Waals surface area contributed by atoms with Crippen LogP contribution in [0.1, 0.15) is 41.4 Å². The number of aromatic nitrogens is 3. The molecule has 23 heavy (non-hydrogen) atoms. The minimum atomic E-state index is -0.196. The van der Waals surface area contributed by atoms with E-state index >= 15 is 0 Å². The van der Waals surface area contributed by atoms with Crippen LogP contribution in [0.25, 0.3) is 0 Å². The zero-order valence-electron chi connectivity index (χ0n) is 14.2. The normalized spacial score (nSPS) is 12.0. The lowest BCUT2D eigenvalue weighted by molar-refractivity contribution is -0.114. The molecule has 0 spiro atoms. The number of carbonyl (C=O) groups is 1. The van der Waals surface area contributed by atoms with Gasteiger partial charge in [-0.15, -0.1) is 11.3 Å². The minimum absolute atomic E-state index is 0.196. The summed E-state index contributed by atoms with van der Waals surface area (Å²) in [4.78, 5) is 26.5. The Labute approximate surface area is 140 Å². The first-order valence-corrected chi connectivity index (χ1v) is 8.48. The Balaban J connectivity index is 1.96. The summed E-state index contributed by atoms with van der Waals surface area (Å²) in [7, 11) is 0. The fourth-order valence-corrected chi connectivity index (χ4v) is 3.33. The maximum absolute atomic E-state index is 11.1. The van der Waals surface area contributed by atoms with Crippen molar-refractivity contribution < 1.29 is 4.79 Å². The molecule has 0 aliphatic heterocycles. The van der Waals surface area contributed by atoms with Crippen LogP contribution in [0.4, 0.5) is 11.9 Å². The highest BCUT2D eigenvalue weighted by molar-refractivity contribution is 7.12. The number of thiophene rings is 1. The van der Waals surface area contributed by atoms with Gasteiger partial charge in [-0.1, -0.05) is 0 Å². The summed E-state index contributed by atoms with van der Waals surface area (Å²) in [6, 6.07) is 2.48. The van der Waals surface area contributed by atoms with Gasteiger partial charge in [0.25, 0.3) is 0 Å². The Kier molecular flexibility index (Phi) is 5.65. The zero-order valence-corrected chi connectivity index (χ0v) is 15.0. The van der Waals surface area contributed by atoms with Crippen molar-refractivity contribution in [2.75, 3.05) is 10.6 Å². The van der Waals surface area contributed by atoms with Gasteiger partial charge in [-0.25, -0.2) is 0 Å². The van der Waals surface area contributed by atoms with Crippen LogP contribution in [0, 0.1) is 20.8 Å². The van der Waals surface area contributed by atoms with E-state index < -0.39 is 0 Å². The van der Waals surface area contributed by atoms with Crippen molar-refractivity contribution in [3.63, 3.8) is 0 Å². The number of hydrogen-bond donors (Lipinski definition) is 2. The number of rotatable bonds is 6. The number of nitrogens with zero attached hydrogens (tertiary/aromatic N) is 3. The quantitative estimate of drug-likeness (QED) is 0.848. The first kappa shape index (κ1) is 17.3. The number of anilines is 2. The van der Waals surface area contributed by atoms with Gasteiger partial charge in [-0.05, 0) is 52.2 Å². The van der Waals surface area contributed by atoms with Gasteiger partial charge in [-0.3, -0.25) is 10.1 Å². The second-order valence-electron chi connectivity index (χ2n) is 5.73. The van der Waals surface area contributed by atoms with Crippen molar-refractivity contribution in [2.45, 2.75) is 53.5 Å². The standard InChI is InChI=1S/C16H23N5OS/c1-9(6-7-14-8-10(2)23-11(14)3)17-15-18-12(4)19-16(21-15)20-13(5)22/h8-9H,6-7H2,1-5H3,(H2,17,18,19,20,21,22). The van der Waals surface area contributed by atoms with Crippen LogP contribution >= 0.6 is 11.3 Å². The Hall–Kier alpha value is -2.02. The summed E-state index contributed by atoms with van der Waals surface area (Å²) in [5.74, 6) is 1.15. The van der Waals surface area contributed by atoms with Crippen LogP contribution in [0.3, 0.4) is 0 Å². The van der Waals surface area contributed by atoms with Crippen LogP contribution < -0.4 is 10.6 Å². The molecule has 0 radical (unpaired) electrons. The van der Waals surface area contributed by atoms with E-state index in [1.54, 1.807) is 6.92 Å². The van der Waals surface area contributed by atoms with E-state index in [1.165, 1.54) is 22.2 Å². The molecule has 2 N–H and O–H groups in total. The van der Waals surface area contributed by atoms with Gasteiger partial charge in [-0.2, -0.15) is 15.0 Å². The second-order valence-corrected chi connectivity index (χ2v) is 7.19. The lowest BCUT2D eigenvalue weighted by atomic mass is 10.1. The topological polar surface area (TPSA) is 79.8 Å². The molecule has 2 aromatic rings. The summed E-state index contributed by atoms with van der Waals surface area (Å²) in [5.41, 5.74) is 1.41. The molecule has 0 aromatic carbocycles. The largest absolute Gasteiger partial charge is 0.352 e. The van der Waals surface area contributed by atoms with Gasteiger partial charge in [0, 0.05) is 22.7 Å². The number of carbonyl (C=O) groups excluding carboxylic acids is 1. The smallest absolute Gasteiger partial charge is 0.234 e. The summed E-state index contributed by atoms with van der Waals surface area (Å²) < 4.78 is 0. The van der Waals surface area contributed by atoms with Crippen LogP contribution in [0.2, 0.25) is 0 Å². The molecule has 1 atom stereocenters. The van der Waals surface area contributed by atoms with Gasteiger partial charge in [0.2, 0.25) is 17.8 Å². The second kappa shape index (κ2) is 7.50. The Morgan fingerprint density at radius 2 is 1.91 bits per heavy atom. The molecule has 0 saturated carbocycles. The summed E-state index contributed by atoms with van der Waals surface area (Å²) >= 11 is 1.84. The molecule has 0 aliphatic rings. The van der Waals surface area contributed by atoms with Crippen molar-refractivity contribution >= 4 is 29.1 Å². The Morgan fingerprint density at radius 1 is 1.22 bits per heavy atom. The summed E-state index contributed by atoms with van der Waals surface area (Å²) in [6.07, 6.45) is 2.00. The molecule has 2 rings (SSSR count). The minimum Gasteiger partial charge on any atom is -0.352 e. The molecule has 7 heteroatoms.